The molecule has 2 aromatic rings. The van der Waals surface area contributed by atoms with Crippen LogP contribution < -0.4 is 15.4 Å². The Hall–Kier alpha value is -3.60. The van der Waals surface area contributed by atoms with Crippen molar-refractivity contribution in [2.45, 2.75) is 78.8 Å². The van der Waals surface area contributed by atoms with Gasteiger partial charge < -0.3 is 20.1 Å². The molecule has 0 aliphatic rings. The summed E-state index contributed by atoms with van der Waals surface area (Å²) in [6.07, 6.45) is -6.98. The number of nitrogens with one attached hydrogen (secondary N) is 2. The Labute approximate surface area is 247 Å². The fourth-order valence-electron chi connectivity index (χ4n) is 3.84. The maximum absolute atomic E-state index is 13.1. The molecule has 10 heteroatoms. The molecule has 42 heavy (non-hydrogen) atoms. The highest BCUT2D eigenvalue weighted by Crippen LogP contribution is 2.20. The number of benzene rings is 2. The molecule has 230 valence electrons. The van der Waals surface area contributed by atoms with Gasteiger partial charge in [-0.15, -0.1) is 0 Å². The lowest BCUT2D eigenvalue weighted by Gasteiger charge is -2.29. The van der Waals surface area contributed by atoms with Crippen LogP contribution in [0.4, 0.5) is 0 Å². The first kappa shape index (κ1) is 34.6. The van der Waals surface area contributed by atoms with Gasteiger partial charge in [0.2, 0.25) is 17.9 Å². The summed E-state index contributed by atoms with van der Waals surface area (Å²) in [5.74, 6) is -4.74. The Morgan fingerprint density at radius 2 is 1.07 bits per heavy atom. The van der Waals surface area contributed by atoms with Crippen molar-refractivity contribution in [3.05, 3.63) is 65.7 Å². The largest absolute Gasteiger partial charge is 0.478 e. The van der Waals surface area contributed by atoms with Crippen LogP contribution in [0.2, 0.25) is 0 Å². The highest BCUT2D eigenvalue weighted by atomic mass is 16.5. The van der Waals surface area contributed by atoms with E-state index in [0.717, 1.165) is 18.4 Å². The van der Waals surface area contributed by atoms with Gasteiger partial charge in [-0.2, -0.15) is 0 Å². The minimum Gasteiger partial charge on any atom is -0.478 e. The molecular weight excluding hydrogens is 540 g/mol. The van der Waals surface area contributed by atoms with E-state index in [0.29, 0.717) is 0 Å². The first-order valence-electron chi connectivity index (χ1n) is 14.3. The zero-order chi connectivity index (χ0) is 31.6. The highest BCUT2D eigenvalue weighted by molar-refractivity contribution is 5.99. The number of hydrogen-bond acceptors (Lipinski definition) is 8. The first-order valence-corrected chi connectivity index (χ1v) is 14.3. The van der Waals surface area contributed by atoms with Gasteiger partial charge >= 0.3 is 0 Å². The third kappa shape index (κ3) is 10.0. The summed E-state index contributed by atoms with van der Waals surface area (Å²) in [7, 11) is 0. The lowest BCUT2D eigenvalue weighted by Crippen LogP contribution is -2.58. The van der Waals surface area contributed by atoms with Gasteiger partial charge in [0.15, 0.2) is 6.10 Å². The Morgan fingerprint density at radius 1 is 0.619 bits per heavy atom. The van der Waals surface area contributed by atoms with Gasteiger partial charge in [0.1, 0.15) is 18.0 Å². The van der Waals surface area contributed by atoms with E-state index < -0.39 is 59.9 Å². The molecule has 2 aromatic carbocycles. The fraction of sp³-hybridized carbons (Fsp3) is 0.500. The first-order chi connectivity index (χ1) is 19.7. The monoisotopic (exact) mass is 584 g/mol. The number of aliphatic hydroxyl groups is 3. The zero-order valence-electron chi connectivity index (χ0n) is 25.1. The van der Waals surface area contributed by atoms with E-state index in [2.05, 4.69) is 5.32 Å². The van der Waals surface area contributed by atoms with Crippen molar-refractivity contribution in [3.63, 3.8) is 0 Å². The predicted molar refractivity (Wildman–Crippen MR) is 157 cm³/mol. The number of aliphatic hydroxyl groups excluding tert-OH is 3. The van der Waals surface area contributed by atoms with Gasteiger partial charge in [-0.05, 0) is 47.9 Å². The lowest BCUT2D eigenvalue weighted by atomic mass is 9.96. The number of imide groups is 2. The second kappa shape index (κ2) is 16.1. The molecule has 0 aliphatic heterocycles. The number of rotatable bonds is 14. The molecule has 0 aliphatic carbocycles. The van der Waals surface area contributed by atoms with E-state index in [9.17, 15) is 34.5 Å². The van der Waals surface area contributed by atoms with Crippen LogP contribution in [-0.2, 0) is 32.0 Å². The van der Waals surface area contributed by atoms with Crippen molar-refractivity contribution in [3.8, 4) is 5.75 Å². The quantitative estimate of drug-likeness (QED) is 0.226. The summed E-state index contributed by atoms with van der Waals surface area (Å²) in [4.78, 5) is 50.4. The van der Waals surface area contributed by atoms with Crippen LogP contribution in [0.3, 0.4) is 0 Å². The minimum atomic E-state index is -2.27. The Balaban J connectivity index is 2.20. The zero-order valence-corrected chi connectivity index (χ0v) is 25.1. The maximum atomic E-state index is 13.1. The molecule has 0 heterocycles. The molecule has 0 bridgehead atoms. The molecule has 4 amide bonds. The molecule has 0 aromatic heterocycles. The number of carbonyl (C=O) groups is 4. The van der Waals surface area contributed by atoms with E-state index in [1.165, 1.54) is 5.56 Å². The van der Waals surface area contributed by atoms with E-state index in [4.69, 9.17) is 4.74 Å². The van der Waals surface area contributed by atoms with Crippen LogP contribution in [0.1, 0.15) is 52.7 Å². The molecule has 10 nitrogen and oxygen atoms in total. The lowest BCUT2D eigenvalue weighted by molar-refractivity contribution is -0.156. The molecule has 6 atom stereocenters. The maximum Gasteiger partial charge on any atom is 0.270 e. The van der Waals surface area contributed by atoms with E-state index in [1.54, 1.807) is 65.8 Å². The van der Waals surface area contributed by atoms with Gasteiger partial charge in [-0.3, -0.25) is 29.8 Å². The summed E-state index contributed by atoms with van der Waals surface area (Å²) in [5.41, 5.74) is 2.16. The SMILES string of the molecule is CC(C)[C@H](C)C(=O)NC(=O)[C@H](O)[C@H](O)[C@@H](O)[C@@H](Oc1ccc(CCc2ccccc2)cc1)C(=O)NC(=O)[C@@H](C)C(C)C. The summed E-state index contributed by atoms with van der Waals surface area (Å²) >= 11 is 0. The molecule has 0 radical (unpaired) electrons. The fourth-order valence-corrected chi connectivity index (χ4v) is 3.84. The summed E-state index contributed by atoms with van der Waals surface area (Å²) in [6, 6.07) is 16.7. The average molecular weight is 585 g/mol. The summed E-state index contributed by atoms with van der Waals surface area (Å²) < 4.78 is 5.71. The third-order valence-corrected chi connectivity index (χ3v) is 7.56. The number of hydrogen-bond donors (Lipinski definition) is 5. The second-order valence-electron chi connectivity index (χ2n) is 11.4. The molecule has 2 rings (SSSR count). The number of ether oxygens (including phenoxy) is 1. The van der Waals surface area contributed by atoms with Crippen LogP contribution in [-0.4, -0.2) is 63.4 Å². The van der Waals surface area contributed by atoms with Crippen molar-refractivity contribution in [1.82, 2.24) is 10.6 Å². The van der Waals surface area contributed by atoms with Crippen molar-refractivity contribution in [2.24, 2.45) is 23.7 Å². The van der Waals surface area contributed by atoms with Gasteiger partial charge in [-0.25, -0.2) is 0 Å². The van der Waals surface area contributed by atoms with Crippen LogP contribution in [0.15, 0.2) is 54.6 Å². The molecule has 5 N–H and O–H groups in total. The topological polar surface area (TPSA) is 162 Å². The molecule has 0 spiro atoms. The normalized spacial score (nSPS) is 15.7. The Bertz CT molecular complexity index is 1180. The predicted octanol–water partition coefficient (Wildman–Crippen LogP) is 2.17. The Kier molecular flexibility index (Phi) is 13.3. The van der Waals surface area contributed by atoms with Gasteiger partial charge in [0.05, 0.1) is 0 Å². The van der Waals surface area contributed by atoms with Gasteiger partial charge in [0, 0.05) is 11.8 Å². The smallest absolute Gasteiger partial charge is 0.270 e. The van der Waals surface area contributed by atoms with Crippen molar-refractivity contribution in [2.75, 3.05) is 0 Å². The van der Waals surface area contributed by atoms with Crippen molar-refractivity contribution < 1.29 is 39.2 Å². The molecule has 0 saturated heterocycles. The van der Waals surface area contributed by atoms with Gasteiger partial charge in [0.25, 0.3) is 11.8 Å². The van der Waals surface area contributed by atoms with E-state index >= 15 is 0 Å². The van der Waals surface area contributed by atoms with E-state index in [-0.39, 0.29) is 17.6 Å². The number of carbonyl (C=O) groups excluding carboxylic acids is 4. The van der Waals surface area contributed by atoms with E-state index in [1.807, 2.05) is 35.6 Å². The van der Waals surface area contributed by atoms with Crippen LogP contribution in [0.25, 0.3) is 0 Å². The molecule has 0 fully saturated rings. The minimum absolute atomic E-state index is 0.0904. The van der Waals surface area contributed by atoms with Crippen LogP contribution in [0.5, 0.6) is 5.75 Å². The summed E-state index contributed by atoms with van der Waals surface area (Å²) in [5, 5.41) is 36.2. The third-order valence-electron chi connectivity index (χ3n) is 7.56. The molecule has 0 unspecified atom stereocenters. The highest BCUT2D eigenvalue weighted by Gasteiger charge is 2.41. The Morgan fingerprint density at radius 3 is 1.55 bits per heavy atom. The molecular formula is C32H44N2O8. The van der Waals surface area contributed by atoms with Crippen molar-refractivity contribution in [1.29, 1.82) is 0 Å². The summed E-state index contributed by atoms with van der Waals surface area (Å²) in [6.45, 7) is 10.4. The average Bonchev–Trinajstić information content (AvgIpc) is 2.97. The van der Waals surface area contributed by atoms with Crippen LogP contribution >= 0.6 is 0 Å². The standard InChI is InChI=1S/C32H44N2O8/c1-18(2)20(5)29(38)33-31(40)27(37)25(35)26(36)28(32(41)34-30(39)21(6)19(3)4)42-24-16-14-23(15-17-24)13-12-22-10-8-7-9-11-22/h7-11,14-21,25-28,35-37H,12-13H2,1-6H3,(H,33,38,40)(H,34,39,41)/t20-,21-,25+,26+,27+,28+/m0/s1. The second-order valence-corrected chi connectivity index (χ2v) is 11.4. The van der Waals surface area contributed by atoms with Gasteiger partial charge in [-0.1, -0.05) is 84.0 Å². The van der Waals surface area contributed by atoms with Crippen molar-refractivity contribution >= 4 is 23.6 Å². The molecule has 0 saturated carbocycles. The van der Waals surface area contributed by atoms with Crippen LogP contribution in [0, 0.1) is 23.7 Å². The number of aryl methyl sites for hydroxylation is 2. The number of amides is 4.